The third-order valence-corrected chi connectivity index (χ3v) is 3.53. The molecule has 0 spiro atoms. The molecule has 3 heteroatoms. The van der Waals surface area contributed by atoms with Gasteiger partial charge in [0.2, 0.25) is 0 Å². The fourth-order valence-electron chi connectivity index (χ4n) is 1.72. The van der Waals surface area contributed by atoms with Gasteiger partial charge in [-0.3, -0.25) is 4.79 Å². The van der Waals surface area contributed by atoms with Gasteiger partial charge in [0.05, 0.1) is 4.88 Å². The van der Waals surface area contributed by atoms with Crippen molar-refractivity contribution in [2.45, 2.75) is 13.3 Å². The lowest BCUT2D eigenvalue weighted by molar-refractivity contribution is 0.0844. The Labute approximate surface area is 82.0 Å². The van der Waals surface area contributed by atoms with Gasteiger partial charge in [0.1, 0.15) is 0 Å². The fraction of sp³-hybridized carbons (Fsp3) is 0.500. The topological polar surface area (TPSA) is 29.1 Å². The van der Waals surface area contributed by atoms with Crippen molar-refractivity contribution in [2.24, 2.45) is 5.41 Å². The lowest BCUT2D eigenvalue weighted by Gasteiger charge is -2.19. The highest BCUT2D eigenvalue weighted by atomic mass is 32.1. The second-order valence-corrected chi connectivity index (χ2v) is 4.74. The number of carbonyl (C=O) groups excluding carboxylic acids is 1. The molecule has 1 aromatic heterocycles. The maximum atomic E-state index is 12.0. The monoisotopic (exact) mass is 195 g/mol. The van der Waals surface area contributed by atoms with Crippen molar-refractivity contribution in [3.63, 3.8) is 0 Å². The van der Waals surface area contributed by atoms with E-state index in [4.69, 9.17) is 0 Å². The van der Waals surface area contributed by atoms with E-state index >= 15 is 0 Å². The molecule has 0 aliphatic carbocycles. The van der Waals surface area contributed by atoms with E-state index in [0.717, 1.165) is 24.4 Å². The van der Waals surface area contributed by atoms with Gasteiger partial charge in [-0.2, -0.15) is 0 Å². The third-order valence-electron chi connectivity index (χ3n) is 2.66. The molecule has 2 heterocycles. The first kappa shape index (κ1) is 8.91. The standard InChI is InChI=1S/C10H13NOS/c1-10(4-5-11-7-10)9(12)8-3-2-6-13-8/h2-3,6,11H,4-5,7H2,1H3. The summed E-state index contributed by atoms with van der Waals surface area (Å²) in [6.07, 6.45) is 0.962. The number of ketones is 1. The smallest absolute Gasteiger partial charge is 0.179 e. The van der Waals surface area contributed by atoms with Crippen LogP contribution in [-0.4, -0.2) is 18.9 Å². The molecule has 1 aliphatic heterocycles. The molecule has 70 valence electrons. The Hall–Kier alpha value is -0.670. The number of hydrogen-bond donors (Lipinski definition) is 1. The van der Waals surface area contributed by atoms with Crippen LogP contribution < -0.4 is 5.32 Å². The summed E-state index contributed by atoms with van der Waals surface area (Å²) in [6, 6.07) is 3.85. The molecule has 0 amide bonds. The quantitative estimate of drug-likeness (QED) is 0.731. The molecule has 1 aromatic rings. The molecule has 0 saturated carbocycles. The summed E-state index contributed by atoms with van der Waals surface area (Å²) in [5.41, 5.74) is -0.162. The van der Waals surface area contributed by atoms with Gasteiger partial charge < -0.3 is 5.32 Å². The van der Waals surface area contributed by atoms with E-state index < -0.39 is 0 Å². The molecule has 0 radical (unpaired) electrons. The molecule has 1 N–H and O–H groups in total. The average Bonchev–Trinajstić information content (AvgIpc) is 2.73. The zero-order valence-corrected chi connectivity index (χ0v) is 8.49. The molecule has 1 atom stereocenters. The summed E-state index contributed by atoms with van der Waals surface area (Å²) >= 11 is 1.54. The Bertz CT molecular complexity index is 299. The molecular weight excluding hydrogens is 182 g/mol. The SMILES string of the molecule is CC1(C(=O)c2cccs2)CCNC1. The highest BCUT2D eigenvalue weighted by molar-refractivity contribution is 7.12. The van der Waals surface area contributed by atoms with Crippen molar-refractivity contribution in [2.75, 3.05) is 13.1 Å². The van der Waals surface area contributed by atoms with Gasteiger partial charge in [-0.25, -0.2) is 0 Å². The second-order valence-electron chi connectivity index (χ2n) is 3.79. The van der Waals surface area contributed by atoms with Crippen molar-refractivity contribution in [3.05, 3.63) is 22.4 Å². The number of thiophene rings is 1. The zero-order valence-electron chi connectivity index (χ0n) is 7.67. The van der Waals surface area contributed by atoms with Crippen LogP contribution in [0.5, 0.6) is 0 Å². The van der Waals surface area contributed by atoms with Gasteiger partial charge in [-0.05, 0) is 24.4 Å². The number of hydrogen-bond acceptors (Lipinski definition) is 3. The Balaban J connectivity index is 2.21. The van der Waals surface area contributed by atoms with Crippen LogP contribution in [0.15, 0.2) is 17.5 Å². The summed E-state index contributed by atoms with van der Waals surface area (Å²) in [5.74, 6) is 0.299. The van der Waals surface area contributed by atoms with Crippen molar-refractivity contribution in [3.8, 4) is 0 Å². The van der Waals surface area contributed by atoms with Gasteiger partial charge in [0.15, 0.2) is 5.78 Å². The van der Waals surface area contributed by atoms with Crippen molar-refractivity contribution in [1.82, 2.24) is 5.32 Å². The van der Waals surface area contributed by atoms with E-state index in [2.05, 4.69) is 12.2 Å². The molecule has 1 fully saturated rings. The fourth-order valence-corrected chi connectivity index (χ4v) is 2.53. The first-order chi connectivity index (χ1) is 6.22. The highest BCUT2D eigenvalue weighted by Crippen LogP contribution is 2.30. The van der Waals surface area contributed by atoms with E-state index in [1.54, 1.807) is 0 Å². The Kier molecular flexibility index (Phi) is 2.22. The largest absolute Gasteiger partial charge is 0.316 e. The van der Waals surface area contributed by atoms with Crippen LogP contribution in [0.2, 0.25) is 0 Å². The van der Waals surface area contributed by atoms with Crippen LogP contribution in [0.3, 0.4) is 0 Å². The lowest BCUT2D eigenvalue weighted by atomic mass is 9.84. The molecule has 2 rings (SSSR count). The summed E-state index contributed by atoms with van der Waals surface area (Å²) < 4.78 is 0. The van der Waals surface area contributed by atoms with Crippen molar-refractivity contribution < 1.29 is 4.79 Å². The molecular formula is C10H13NOS. The predicted octanol–water partition coefficient (Wildman–Crippen LogP) is 1.93. The molecule has 0 bridgehead atoms. The van der Waals surface area contributed by atoms with E-state index in [1.807, 2.05) is 17.5 Å². The van der Waals surface area contributed by atoms with Crippen molar-refractivity contribution >= 4 is 17.1 Å². The third kappa shape index (κ3) is 1.54. The van der Waals surface area contributed by atoms with Crippen LogP contribution in [0.1, 0.15) is 23.0 Å². The van der Waals surface area contributed by atoms with Crippen molar-refractivity contribution in [1.29, 1.82) is 0 Å². The Morgan fingerprint density at radius 2 is 2.54 bits per heavy atom. The number of carbonyl (C=O) groups is 1. The maximum absolute atomic E-state index is 12.0. The average molecular weight is 195 g/mol. The van der Waals surface area contributed by atoms with Crippen LogP contribution >= 0.6 is 11.3 Å². The molecule has 2 nitrogen and oxygen atoms in total. The van der Waals surface area contributed by atoms with Gasteiger partial charge in [-0.1, -0.05) is 13.0 Å². The van der Waals surface area contributed by atoms with Crippen LogP contribution in [0.4, 0.5) is 0 Å². The maximum Gasteiger partial charge on any atom is 0.179 e. The molecule has 13 heavy (non-hydrogen) atoms. The minimum Gasteiger partial charge on any atom is -0.316 e. The summed E-state index contributed by atoms with van der Waals surface area (Å²) in [5, 5.41) is 5.20. The number of Topliss-reactive ketones (excluding diaryl/α,β-unsaturated/α-hetero) is 1. The minimum absolute atomic E-state index is 0.162. The van der Waals surface area contributed by atoms with Crippen LogP contribution in [0, 0.1) is 5.41 Å². The van der Waals surface area contributed by atoms with E-state index in [-0.39, 0.29) is 5.41 Å². The zero-order chi connectivity index (χ0) is 9.31. The molecule has 1 unspecified atom stereocenters. The minimum atomic E-state index is -0.162. The lowest BCUT2D eigenvalue weighted by Crippen LogP contribution is -2.29. The first-order valence-electron chi connectivity index (χ1n) is 4.51. The van der Waals surface area contributed by atoms with E-state index in [1.165, 1.54) is 11.3 Å². The summed E-state index contributed by atoms with van der Waals surface area (Å²) in [7, 11) is 0. The number of rotatable bonds is 2. The van der Waals surface area contributed by atoms with Gasteiger partial charge in [-0.15, -0.1) is 11.3 Å². The predicted molar refractivity (Wildman–Crippen MR) is 54.2 cm³/mol. The van der Waals surface area contributed by atoms with Crippen LogP contribution in [0.25, 0.3) is 0 Å². The Morgan fingerprint density at radius 3 is 3.08 bits per heavy atom. The normalized spacial score (nSPS) is 27.8. The van der Waals surface area contributed by atoms with Gasteiger partial charge in [0.25, 0.3) is 0 Å². The molecule has 0 aromatic carbocycles. The highest BCUT2D eigenvalue weighted by Gasteiger charge is 2.36. The number of nitrogens with one attached hydrogen (secondary N) is 1. The summed E-state index contributed by atoms with van der Waals surface area (Å²) in [6.45, 7) is 3.84. The van der Waals surface area contributed by atoms with Gasteiger partial charge in [0, 0.05) is 12.0 Å². The second kappa shape index (κ2) is 3.24. The van der Waals surface area contributed by atoms with E-state index in [9.17, 15) is 4.79 Å². The Morgan fingerprint density at radius 1 is 1.69 bits per heavy atom. The summed E-state index contributed by atoms with van der Waals surface area (Å²) in [4.78, 5) is 12.9. The molecule has 1 aliphatic rings. The van der Waals surface area contributed by atoms with Gasteiger partial charge >= 0.3 is 0 Å². The molecule has 1 saturated heterocycles. The first-order valence-corrected chi connectivity index (χ1v) is 5.39. The van der Waals surface area contributed by atoms with E-state index in [0.29, 0.717) is 5.78 Å². The van der Waals surface area contributed by atoms with Crippen LogP contribution in [-0.2, 0) is 0 Å².